The average molecular weight is 309 g/mol. The fraction of sp³-hybridized carbons (Fsp3) is 0.130. The van der Waals surface area contributed by atoms with Crippen molar-refractivity contribution in [2.75, 3.05) is 0 Å². The first kappa shape index (κ1) is 13.6. The molecule has 0 spiro atoms. The molecule has 1 heteroatoms. The Labute approximate surface area is 140 Å². The van der Waals surface area contributed by atoms with E-state index >= 15 is 0 Å². The Hall–Kier alpha value is -2.80. The summed E-state index contributed by atoms with van der Waals surface area (Å²) in [6, 6.07) is 24.5. The molecular weight excluding hydrogens is 290 g/mol. The van der Waals surface area contributed by atoms with Crippen LogP contribution in [0.3, 0.4) is 0 Å². The van der Waals surface area contributed by atoms with Gasteiger partial charge in [-0.2, -0.15) is 0 Å². The lowest BCUT2D eigenvalue weighted by Gasteiger charge is -2.04. The zero-order valence-corrected chi connectivity index (χ0v) is 13.8. The Kier molecular flexibility index (Phi) is 2.90. The lowest BCUT2D eigenvalue weighted by Crippen LogP contribution is -1.82. The number of hydrogen-bond acceptors (Lipinski definition) is 0. The summed E-state index contributed by atoms with van der Waals surface area (Å²) in [6.45, 7) is 2.23. The van der Waals surface area contributed by atoms with Crippen LogP contribution in [-0.4, -0.2) is 4.98 Å². The van der Waals surface area contributed by atoms with Crippen LogP contribution in [0.25, 0.3) is 43.4 Å². The van der Waals surface area contributed by atoms with Crippen LogP contribution >= 0.6 is 0 Å². The van der Waals surface area contributed by atoms with Gasteiger partial charge in [0.2, 0.25) is 0 Å². The molecule has 0 atom stereocenters. The van der Waals surface area contributed by atoms with Crippen molar-refractivity contribution < 1.29 is 0 Å². The minimum absolute atomic E-state index is 1.14. The minimum Gasteiger partial charge on any atom is -0.354 e. The van der Waals surface area contributed by atoms with Gasteiger partial charge in [-0.15, -0.1) is 0 Å². The van der Waals surface area contributed by atoms with E-state index in [-0.39, 0.29) is 0 Å². The van der Waals surface area contributed by atoms with Gasteiger partial charge in [-0.05, 0) is 57.8 Å². The number of fused-ring (bicyclic) bond motifs is 6. The molecule has 116 valence electrons. The van der Waals surface area contributed by atoms with Crippen LogP contribution in [-0.2, 0) is 6.42 Å². The standard InChI is InChI=1S/C23H19N/c1-2-5-15-8-10-19-22(12-15)24-21-11-9-18-13-16-6-3-4-7-17(16)14-20(18)23(19)21/h3-4,6-14,24H,2,5H2,1H3. The molecule has 4 aromatic carbocycles. The molecule has 5 rings (SSSR count). The van der Waals surface area contributed by atoms with Crippen molar-refractivity contribution in [1.82, 2.24) is 4.98 Å². The SMILES string of the molecule is CCCc1ccc2c(c1)[nH]c1ccc3cc4ccccc4cc3c12. The molecule has 24 heavy (non-hydrogen) atoms. The maximum absolute atomic E-state index is 3.62. The number of nitrogens with one attached hydrogen (secondary N) is 1. The van der Waals surface area contributed by atoms with Gasteiger partial charge in [-0.3, -0.25) is 0 Å². The molecule has 5 aromatic rings. The first-order valence-electron chi connectivity index (χ1n) is 8.69. The van der Waals surface area contributed by atoms with Crippen LogP contribution in [0.15, 0.2) is 66.7 Å². The first-order valence-corrected chi connectivity index (χ1v) is 8.69. The van der Waals surface area contributed by atoms with E-state index in [2.05, 4.69) is 78.6 Å². The first-order chi connectivity index (χ1) is 11.8. The monoisotopic (exact) mass is 309 g/mol. The molecule has 0 aliphatic rings. The average Bonchev–Trinajstić information content (AvgIpc) is 2.98. The second-order valence-electron chi connectivity index (χ2n) is 6.66. The van der Waals surface area contributed by atoms with Crippen LogP contribution in [0.5, 0.6) is 0 Å². The molecule has 0 saturated heterocycles. The summed E-state index contributed by atoms with van der Waals surface area (Å²) in [4.78, 5) is 3.62. The van der Waals surface area contributed by atoms with E-state index in [0.29, 0.717) is 0 Å². The molecule has 0 saturated carbocycles. The second kappa shape index (κ2) is 5.10. The Morgan fingerprint density at radius 1 is 0.708 bits per heavy atom. The molecule has 1 N–H and O–H groups in total. The van der Waals surface area contributed by atoms with Gasteiger partial charge in [0.1, 0.15) is 0 Å². The molecule has 0 unspecified atom stereocenters. The smallest absolute Gasteiger partial charge is 0.0471 e. The van der Waals surface area contributed by atoms with Gasteiger partial charge in [-0.25, -0.2) is 0 Å². The maximum Gasteiger partial charge on any atom is 0.0471 e. The summed E-state index contributed by atoms with van der Waals surface area (Å²) < 4.78 is 0. The van der Waals surface area contributed by atoms with Crippen LogP contribution in [0.2, 0.25) is 0 Å². The quantitative estimate of drug-likeness (QED) is 0.354. The lowest BCUT2D eigenvalue weighted by atomic mass is 9.99. The molecule has 0 aliphatic heterocycles. The number of hydrogen-bond donors (Lipinski definition) is 1. The minimum atomic E-state index is 1.14. The number of aromatic amines is 1. The lowest BCUT2D eigenvalue weighted by molar-refractivity contribution is 0.923. The number of aryl methyl sites for hydroxylation is 1. The number of H-pyrrole nitrogens is 1. The zero-order valence-electron chi connectivity index (χ0n) is 13.8. The van der Waals surface area contributed by atoms with Crippen molar-refractivity contribution in [1.29, 1.82) is 0 Å². The highest BCUT2D eigenvalue weighted by Gasteiger charge is 2.09. The molecule has 0 bridgehead atoms. The van der Waals surface area contributed by atoms with E-state index in [0.717, 1.165) is 6.42 Å². The van der Waals surface area contributed by atoms with Crippen molar-refractivity contribution >= 4 is 43.4 Å². The van der Waals surface area contributed by atoms with Crippen LogP contribution < -0.4 is 0 Å². The van der Waals surface area contributed by atoms with Gasteiger partial charge in [-0.1, -0.05) is 55.8 Å². The van der Waals surface area contributed by atoms with E-state index in [1.54, 1.807) is 0 Å². The summed E-state index contributed by atoms with van der Waals surface area (Å²) in [5.41, 5.74) is 3.88. The Bertz CT molecular complexity index is 1210. The highest BCUT2D eigenvalue weighted by Crippen LogP contribution is 2.34. The maximum atomic E-state index is 3.62. The van der Waals surface area contributed by atoms with E-state index < -0.39 is 0 Å². The third-order valence-corrected chi connectivity index (χ3v) is 5.05. The van der Waals surface area contributed by atoms with E-state index in [1.807, 2.05) is 0 Å². The topological polar surface area (TPSA) is 15.8 Å². The molecule has 0 aliphatic carbocycles. The number of aromatic nitrogens is 1. The third-order valence-electron chi connectivity index (χ3n) is 5.05. The van der Waals surface area contributed by atoms with Crippen molar-refractivity contribution in [3.8, 4) is 0 Å². The van der Waals surface area contributed by atoms with Gasteiger partial charge in [0.25, 0.3) is 0 Å². The number of benzene rings is 4. The summed E-state index contributed by atoms with van der Waals surface area (Å²) in [7, 11) is 0. The van der Waals surface area contributed by atoms with Crippen molar-refractivity contribution in [3.63, 3.8) is 0 Å². The Balaban J connectivity index is 1.91. The summed E-state index contributed by atoms with van der Waals surface area (Å²) in [5, 5.41) is 7.91. The third kappa shape index (κ3) is 1.94. The van der Waals surface area contributed by atoms with Crippen molar-refractivity contribution in [2.24, 2.45) is 0 Å². The van der Waals surface area contributed by atoms with Crippen molar-refractivity contribution in [2.45, 2.75) is 19.8 Å². The van der Waals surface area contributed by atoms with E-state index in [1.165, 1.54) is 55.3 Å². The molecule has 1 aromatic heterocycles. The summed E-state index contributed by atoms with van der Waals surface area (Å²) in [6.07, 6.45) is 2.32. The Morgan fingerprint density at radius 3 is 2.38 bits per heavy atom. The molecule has 0 amide bonds. The van der Waals surface area contributed by atoms with Crippen molar-refractivity contribution in [3.05, 3.63) is 72.3 Å². The fourth-order valence-electron chi connectivity index (χ4n) is 3.91. The van der Waals surface area contributed by atoms with Gasteiger partial charge < -0.3 is 4.98 Å². The van der Waals surface area contributed by atoms with Crippen LogP contribution in [0.4, 0.5) is 0 Å². The molecule has 1 heterocycles. The number of rotatable bonds is 2. The van der Waals surface area contributed by atoms with E-state index in [9.17, 15) is 0 Å². The van der Waals surface area contributed by atoms with E-state index in [4.69, 9.17) is 0 Å². The van der Waals surface area contributed by atoms with Crippen LogP contribution in [0, 0.1) is 0 Å². The highest BCUT2D eigenvalue weighted by molar-refractivity contribution is 6.22. The zero-order chi connectivity index (χ0) is 16.1. The molecule has 0 radical (unpaired) electrons. The van der Waals surface area contributed by atoms with Gasteiger partial charge in [0.15, 0.2) is 0 Å². The predicted octanol–water partition coefficient (Wildman–Crippen LogP) is 6.58. The predicted molar refractivity (Wildman–Crippen MR) is 105 cm³/mol. The summed E-state index contributed by atoms with van der Waals surface area (Å²) in [5.74, 6) is 0. The highest BCUT2D eigenvalue weighted by atomic mass is 14.7. The second-order valence-corrected chi connectivity index (χ2v) is 6.66. The summed E-state index contributed by atoms with van der Waals surface area (Å²) >= 11 is 0. The van der Waals surface area contributed by atoms with Gasteiger partial charge in [0, 0.05) is 21.8 Å². The molecule has 0 fully saturated rings. The fourth-order valence-corrected chi connectivity index (χ4v) is 3.91. The van der Waals surface area contributed by atoms with Gasteiger partial charge in [0.05, 0.1) is 0 Å². The van der Waals surface area contributed by atoms with Gasteiger partial charge >= 0.3 is 0 Å². The normalized spacial score (nSPS) is 11.9. The largest absolute Gasteiger partial charge is 0.354 e. The van der Waals surface area contributed by atoms with Crippen LogP contribution in [0.1, 0.15) is 18.9 Å². The molecule has 1 nitrogen and oxygen atoms in total. The molecular formula is C23H19N. The Morgan fingerprint density at radius 2 is 1.54 bits per heavy atom.